The molecule has 2 aromatic rings. The van der Waals surface area contributed by atoms with Gasteiger partial charge in [0.2, 0.25) is 0 Å². The number of thiophene rings is 1. The van der Waals surface area contributed by atoms with E-state index in [4.69, 9.17) is 5.73 Å². The Morgan fingerprint density at radius 2 is 2.06 bits per heavy atom. The summed E-state index contributed by atoms with van der Waals surface area (Å²) in [5.41, 5.74) is 7.65. The summed E-state index contributed by atoms with van der Waals surface area (Å²) in [6.07, 6.45) is 0. The Bertz CT molecular complexity index is 497. The number of hydrogen-bond acceptors (Lipinski definition) is 3. The fourth-order valence-electron chi connectivity index (χ4n) is 1.96. The highest BCUT2D eigenvalue weighted by Gasteiger charge is 2.07. The quantitative estimate of drug-likeness (QED) is 0.899. The van der Waals surface area contributed by atoms with Crippen LogP contribution in [-0.4, -0.2) is 11.9 Å². The summed E-state index contributed by atoms with van der Waals surface area (Å²) >= 11 is 1.73. The van der Waals surface area contributed by atoms with E-state index < -0.39 is 0 Å². The van der Waals surface area contributed by atoms with Gasteiger partial charge in [-0.05, 0) is 41.8 Å². The molecule has 96 valence electrons. The lowest BCUT2D eigenvalue weighted by Gasteiger charge is -2.17. The predicted octanol–water partition coefficient (Wildman–Crippen LogP) is 2.98. The smallest absolute Gasteiger partial charge is 0.123 e. The van der Waals surface area contributed by atoms with Gasteiger partial charge in [0.05, 0.1) is 0 Å². The van der Waals surface area contributed by atoms with Crippen molar-refractivity contribution in [3.05, 3.63) is 57.5 Å². The van der Waals surface area contributed by atoms with E-state index in [1.165, 1.54) is 10.9 Å². The van der Waals surface area contributed by atoms with Crippen molar-refractivity contribution in [3.63, 3.8) is 0 Å². The lowest BCUT2D eigenvalue weighted by Crippen LogP contribution is -2.18. The molecule has 0 spiro atoms. The van der Waals surface area contributed by atoms with Crippen molar-refractivity contribution in [1.82, 2.24) is 4.90 Å². The Kier molecular flexibility index (Phi) is 4.47. The summed E-state index contributed by atoms with van der Waals surface area (Å²) in [5, 5.41) is 2.07. The van der Waals surface area contributed by atoms with E-state index in [0.717, 1.165) is 17.7 Å². The van der Waals surface area contributed by atoms with E-state index in [2.05, 4.69) is 16.3 Å². The van der Waals surface area contributed by atoms with Crippen molar-refractivity contribution < 1.29 is 4.39 Å². The normalized spacial score (nSPS) is 11.1. The van der Waals surface area contributed by atoms with Gasteiger partial charge in [-0.1, -0.05) is 12.1 Å². The molecule has 2 rings (SSSR count). The maximum absolute atomic E-state index is 13.3. The second-order valence-electron chi connectivity index (χ2n) is 4.37. The highest BCUT2D eigenvalue weighted by atomic mass is 32.1. The van der Waals surface area contributed by atoms with Crippen molar-refractivity contribution >= 4 is 11.3 Å². The van der Waals surface area contributed by atoms with E-state index in [1.807, 2.05) is 13.1 Å². The first-order valence-electron chi connectivity index (χ1n) is 5.87. The molecule has 1 heterocycles. The number of nitrogens with zero attached hydrogens (tertiary/aromatic N) is 1. The molecule has 2 N–H and O–H groups in total. The van der Waals surface area contributed by atoms with Gasteiger partial charge in [0.1, 0.15) is 5.82 Å². The predicted molar refractivity (Wildman–Crippen MR) is 73.8 cm³/mol. The molecule has 0 fully saturated rings. The van der Waals surface area contributed by atoms with Crippen molar-refractivity contribution in [2.45, 2.75) is 19.6 Å². The first kappa shape index (κ1) is 13.2. The minimum absolute atomic E-state index is 0.202. The van der Waals surface area contributed by atoms with Crippen molar-refractivity contribution in [2.75, 3.05) is 7.05 Å². The van der Waals surface area contributed by atoms with E-state index in [0.29, 0.717) is 13.1 Å². The first-order valence-corrected chi connectivity index (χ1v) is 6.75. The molecule has 2 nitrogen and oxygen atoms in total. The van der Waals surface area contributed by atoms with Gasteiger partial charge in [-0.25, -0.2) is 4.39 Å². The summed E-state index contributed by atoms with van der Waals surface area (Å²) in [5.74, 6) is -0.202. The highest BCUT2D eigenvalue weighted by Crippen LogP contribution is 2.16. The molecule has 4 heteroatoms. The Balaban J connectivity index is 2.06. The monoisotopic (exact) mass is 264 g/mol. The number of hydrogen-bond donors (Lipinski definition) is 1. The summed E-state index contributed by atoms with van der Waals surface area (Å²) in [6, 6.07) is 8.96. The van der Waals surface area contributed by atoms with Crippen LogP contribution in [-0.2, 0) is 19.6 Å². The van der Waals surface area contributed by atoms with Crippen molar-refractivity contribution in [3.8, 4) is 0 Å². The minimum Gasteiger partial charge on any atom is -0.326 e. The van der Waals surface area contributed by atoms with Gasteiger partial charge < -0.3 is 5.73 Å². The molecule has 0 radical (unpaired) electrons. The second-order valence-corrected chi connectivity index (χ2v) is 5.40. The largest absolute Gasteiger partial charge is 0.326 e. The van der Waals surface area contributed by atoms with Gasteiger partial charge in [0.15, 0.2) is 0 Å². The molecule has 0 amide bonds. The second kappa shape index (κ2) is 6.09. The van der Waals surface area contributed by atoms with Crippen LogP contribution < -0.4 is 5.73 Å². The van der Waals surface area contributed by atoms with Crippen LogP contribution >= 0.6 is 11.3 Å². The molecular weight excluding hydrogens is 247 g/mol. The summed E-state index contributed by atoms with van der Waals surface area (Å²) in [6.45, 7) is 2.03. The fraction of sp³-hybridized carbons (Fsp3) is 0.286. The molecule has 0 unspecified atom stereocenters. The average molecular weight is 264 g/mol. The third-order valence-corrected chi connectivity index (χ3v) is 3.70. The maximum atomic E-state index is 13.3. The van der Waals surface area contributed by atoms with Crippen LogP contribution in [0, 0.1) is 5.82 Å². The molecule has 0 aliphatic carbocycles. The van der Waals surface area contributed by atoms with Gasteiger partial charge in [-0.15, -0.1) is 11.3 Å². The molecular formula is C14H17FN2S. The number of benzene rings is 1. The Morgan fingerprint density at radius 3 is 2.72 bits per heavy atom. The molecule has 1 aromatic carbocycles. The van der Waals surface area contributed by atoms with Gasteiger partial charge >= 0.3 is 0 Å². The Hall–Kier alpha value is -1.23. The van der Waals surface area contributed by atoms with Gasteiger partial charge in [-0.3, -0.25) is 4.90 Å². The van der Waals surface area contributed by atoms with Crippen LogP contribution in [0.1, 0.15) is 16.0 Å². The summed E-state index contributed by atoms with van der Waals surface area (Å²) in [4.78, 5) is 3.47. The van der Waals surface area contributed by atoms with Gasteiger partial charge in [0.25, 0.3) is 0 Å². The third-order valence-electron chi connectivity index (χ3n) is 2.83. The third kappa shape index (κ3) is 3.38. The highest BCUT2D eigenvalue weighted by molar-refractivity contribution is 7.09. The van der Waals surface area contributed by atoms with E-state index in [9.17, 15) is 4.39 Å². The lowest BCUT2D eigenvalue weighted by molar-refractivity contribution is 0.320. The zero-order chi connectivity index (χ0) is 13.0. The lowest BCUT2D eigenvalue weighted by atomic mass is 10.1. The van der Waals surface area contributed by atoms with E-state index in [1.54, 1.807) is 23.5 Å². The van der Waals surface area contributed by atoms with Crippen LogP contribution in [0.5, 0.6) is 0 Å². The molecule has 0 bridgehead atoms. The van der Waals surface area contributed by atoms with Gasteiger partial charge in [-0.2, -0.15) is 0 Å². The van der Waals surface area contributed by atoms with Crippen molar-refractivity contribution in [2.24, 2.45) is 5.73 Å². The zero-order valence-corrected chi connectivity index (χ0v) is 11.2. The molecule has 0 aliphatic heterocycles. The summed E-state index contributed by atoms with van der Waals surface area (Å²) in [7, 11) is 2.03. The molecule has 18 heavy (non-hydrogen) atoms. The van der Waals surface area contributed by atoms with Gasteiger partial charge in [0, 0.05) is 24.5 Å². The maximum Gasteiger partial charge on any atom is 0.123 e. The first-order chi connectivity index (χ1) is 8.69. The molecule has 1 aromatic heterocycles. The minimum atomic E-state index is -0.202. The SMILES string of the molecule is CN(Cc1cccs1)Cc1cc(F)ccc1CN. The zero-order valence-electron chi connectivity index (χ0n) is 10.4. The fourth-order valence-corrected chi connectivity index (χ4v) is 2.74. The van der Waals surface area contributed by atoms with Crippen molar-refractivity contribution in [1.29, 1.82) is 0 Å². The van der Waals surface area contributed by atoms with Crippen LogP contribution in [0.2, 0.25) is 0 Å². The van der Waals surface area contributed by atoms with E-state index in [-0.39, 0.29) is 5.82 Å². The topological polar surface area (TPSA) is 29.3 Å². The Morgan fingerprint density at radius 1 is 1.22 bits per heavy atom. The van der Waals surface area contributed by atoms with E-state index >= 15 is 0 Å². The van der Waals surface area contributed by atoms with Crippen LogP contribution in [0.4, 0.5) is 4.39 Å². The summed E-state index contributed by atoms with van der Waals surface area (Å²) < 4.78 is 13.3. The molecule has 0 aliphatic rings. The average Bonchev–Trinajstić information content (AvgIpc) is 2.82. The van der Waals surface area contributed by atoms with Crippen LogP contribution in [0.15, 0.2) is 35.7 Å². The standard InChI is InChI=1S/C14H17FN2S/c1-17(10-14-3-2-6-18-14)9-12-7-13(15)5-4-11(12)8-16/h2-7H,8-10,16H2,1H3. The number of halogens is 1. The Labute approximate surface area is 111 Å². The molecule has 0 saturated heterocycles. The molecule has 0 saturated carbocycles. The molecule has 0 atom stereocenters. The van der Waals surface area contributed by atoms with Crippen LogP contribution in [0.3, 0.4) is 0 Å². The number of nitrogens with two attached hydrogens (primary N) is 1. The van der Waals surface area contributed by atoms with Crippen LogP contribution in [0.25, 0.3) is 0 Å². The number of rotatable bonds is 5.